The molecule has 0 aromatic heterocycles. The summed E-state index contributed by atoms with van der Waals surface area (Å²) < 4.78 is 6.46. The van der Waals surface area contributed by atoms with Crippen LogP contribution >= 0.6 is 0 Å². The van der Waals surface area contributed by atoms with E-state index in [2.05, 4.69) is 93.2 Å². The Hall–Kier alpha value is -2.42. The Bertz CT molecular complexity index is 741. The van der Waals surface area contributed by atoms with E-state index in [4.69, 9.17) is 4.43 Å². The number of rotatable bonds is 3. The maximum atomic E-state index is 6.46. The molecule has 0 heterocycles. The molecule has 0 aliphatic rings. The molecule has 0 N–H and O–H groups in total. The summed E-state index contributed by atoms with van der Waals surface area (Å²) in [6.07, 6.45) is 4.40. The molecule has 0 aliphatic heterocycles. The van der Waals surface area contributed by atoms with Crippen molar-refractivity contribution in [2.45, 2.75) is 45.6 Å². The fourth-order valence-corrected chi connectivity index (χ4v) is 7.19. The lowest BCUT2D eigenvalue weighted by molar-refractivity contribution is 0.476. The minimum atomic E-state index is -2.54. The van der Waals surface area contributed by atoms with E-state index in [0.717, 1.165) is 6.42 Å². The largest absolute Gasteiger partial charge is 0.489 e. The van der Waals surface area contributed by atoms with Gasteiger partial charge in [-0.15, -0.1) is 5.92 Å². The highest BCUT2D eigenvalue weighted by atomic mass is 28.4. The van der Waals surface area contributed by atoms with Gasteiger partial charge in [-0.3, -0.25) is 0 Å². The van der Waals surface area contributed by atoms with Gasteiger partial charge >= 0.3 is 8.32 Å². The van der Waals surface area contributed by atoms with Crippen molar-refractivity contribution >= 4 is 18.7 Å². The SMILES string of the molecule is CCC#CCC#CO[Si](c1ccccc1)(c1ccccc1)C(C)(C)C. The monoisotopic (exact) mass is 346 g/mol. The molecule has 0 fully saturated rings. The molecule has 0 atom stereocenters. The summed E-state index contributed by atoms with van der Waals surface area (Å²) in [5, 5.41) is 2.42. The van der Waals surface area contributed by atoms with Crippen molar-refractivity contribution in [1.82, 2.24) is 0 Å². The topological polar surface area (TPSA) is 9.23 Å². The van der Waals surface area contributed by atoms with Crippen molar-refractivity contribution in [2.24, 2.45) is 0 Å². The fourth-order valence-electron chi connectivity index (χ4n) is 3.03. The first-order chi connectivity index (χ1) is 12.0. The molecule has 0 bridgehead atoms. The molecule has 0 radical (unpaired) electrons. The Morgan fingerprint density at radius 3 is 1.76 bits per heavy atom. The lowest BCUT2D eigenvalue weighted by Crippen LogP contribution is -2.65. The van der Waals surface area contributed by atoms with Crippen LogP contribution < -0.4 is 10.4 Å². The van der Waals surface area contributed by atoms with Crippen molar-refractivity contribution in [1.29, 1.82) is 0 Å². The van der Waals surface area contributed by atoms with Crippen molar-refractivity contribution in [3.63, 3.8) is 0 Å². The maximum Gasteiger partial charge on any atom is 0.332 e. The lowest BCUT2D eigenvalue weighted by Gasteiger charge is -2.40. The summed E-state index contributed by atoms with van der Waals surface area (Å²) in [7, 11) is -2.54. The predicted molar refractivity (Wildman–Crippen MR) is 109 cm³/mol. The molecule has 25 heavy (non-hydrogen) atoms. The summed E-state index contributed by atoms with van der Waals surface area (Å²) in [5.41, 5.74) is 0. The second kappa shape index (κ2) is 8.61. The molecular weight excluding hydrogens is 320 g/mol. The van der Waals surface area contributed by atoms with Crippen LogP contribution in [0.1, 0.15) is 40.5 Å². The summed E-state index contributed by atoms with van der Waals surface area (Å²) in [5.74, 6) is 9.17. The van der Waals surface area contributed by atoms with Gasteiger partial charge in [0, 0.05) is 11.5 Å². The summed E-state index contributed by atoms with van der Waals surface area (Å²) in [6, 6.07) is 21.1. The van der Waals surface area contributed by atoms with Gasteiger partial charge in [0.2, 0.25) is 0 Å². The minimum Gasteiger partial charge on any atom is -0.489 e. The summed E-state index contributed by atoms with van der Waals surface area (Å²) in [4.78, 5) is 0. The van der Waals surface area contributed by atoms with Crippen LogP contribution in [0.2, 0.25) is 5.04 Å². The smallest absolute Gasteiger partial charge is 0.332 e. The first-order valence-corrected chi connectivity index (χ1v) is 10.7. The zero-order valence-corrected chi connectivity index (χ0v) is 16.6. The van der Waals surface area contributed by atoms with E-state index in [1.165, 1.54) is 10.4 Å². The van der Waals surface area contributed by atoms with Gasteiger partial charge in [-0.2, -0.15) is 0 Å². The molecule has 0 aliphatic carbocycles. The van der Waals surface area contributed by atoms with Crippen LogP contribution in [0.25, 0.3) is 0 Å². The molecule has 0 saturated heterocycles. The second-order valence-electron chi connectivity index (χ2n) is 6.93. The highest BCUT2D eigenvalue weighted by Gasteiger charge is 2.52. The molecule has 1 nitrogen and oxygen atoms in total. The van der Waals surface area contributed by atoms with Gasteiger partial charge in [-0.25, -0.2) is 0 Å². The first kappa shape index (κ1) is 18.9. The van der Waals surface area contributed by atoms with E-state index in [0.29, 0.717) is 6.42 Å². The zero-order valence-electron chi connectivity index (χ0n) is 15.6. The van der Waals surface area contributed by atoms with E-state index >= 15 is 0 Å². The Kier molecular flexibility index (Phi) is 6.51. The number of hydrogen-bond acceptors (Lipinski definition) is 1. The molecule has 0 saturated carbocycles. The summed E-state index contributed by atoms with van der Waals surface area (Å²) in [6.45, 7) is 8.78. The molecule has 0 spiro atoms. The van der Waals surface area contributed by atoms with Crippen LogP contribution in [0.15, 0.2) is 60.7 Å². The van der Waals surface area contributed by atoms with E-state index in [-0.39, 0.29) is 5.04 Å². The normalized spacial score (nSPS) is 10.9. The lowest BCUT2D eigenvalue weighted by atomic mass is 10.2. The molecule has 0 amide bonds. The minimum absolute atomic E-state index is 0.0561. The van der Waals surface area contributed by atoms with Gasteiger partial charge in [0.1, 0.15) is 0 Å². The molecular formula is C23H26OSi. The van der Waals surface area contributed by atoms with Crippen molar-refractivity contribution < 1.29 is 4.43 Å². The van der Waals surface area contributed by atoms with Gasteiger partial charge < -0.3 is 4.43 Å². The maximum absolute atomic E-state index is 6.46. The van der Waals surface area contributed by atoms with Crippen molar-refractivity contribution in [3.05, 3.63) is 60.7 Å². The van der Waals surface area contributed by atoms with Gasteiger partial charge in [0.05, 0.1) is 12.5 Å². The third-order valence-electron chi connectivity index (χ3n) is 4.17. The standard InChI is InChI=1S/C23H26OSi/c1-5-6-7-8-15-20-24-25(23(2,3)4,21-16-11-9-12-17-21)22-18-13-10-14-19-22/h9-14,16-19H,5,8H2,1-4H3. The third kappa shape index (κ3) is 4.35. The molecule has 0 unspecified atom stereocenters. The summed E-state index contributed by atoms with van der Waals surface area (Å²) >= 11 is 0. The van der Waals surface area contributed by atoms with Gasteiger partial charge in [0.15, 0.2) is 0 Å². The molecule has 2 heteroatoms. The fraction of sp³-hybridized carbons (Fsp3) is 0.304. The Morgan fingerprint density at radius 2 is 1.32 bits per heavy atom. The molecule has 2 aromatic rings. The second-order valence-corrected chi connectivity index (χ2v) is 11.1. The molecule has 2 rings (SSSR count). The van der Waals surface area contributed by atoms with E-state index in [1.807, 2.05) is 19.1 Å². The van der Waals surface area contributed by atoms with Gasteiger partial charge in [0.25, 0.3) is 0 Å². The Morgan fingerprint density at radius 1 is 0.800 bits per heavy atom. The third-order valence-corrected chi connectivity index (χ3v) is 8.99. The van der Waals surface area contributed by atoms with Crippen LogP contribution in [0.5, 0.6) is 0 Å². The van der Waals surface area contributed by atoms with Crippen LogP contribution in [0, 0.1) is 23.9 Å². The van der Waals surface area contributed by atoms with Crippen LogP contribution in [-0.4, -0.2) is 8.32 Å². The van der Waals surface area contributed by atoms with Crippen molar-refractivity contribution in [3.8, 4) is 23.9 Å². The highest BCUT2D eigenvalue weighted by molar-refractivity contribution is 6.99. The Balaban J connectivity index is 2.53. The first-order valence-electron chi connectivity index (χ1n) is 8.75. The van der Waals surface area contributed by atoms with E-state index < -0.39 is 8.32 Å². The average Bonchev–Trinajstić information content (AvgIpc) is 2.62. The van der Waals surface area contributed by atoms with E-state index in [9.17, 15) is 0 Å². The number of hydrogen-bond donors (Lipinski definition) is 0. The number of benzene rings is 2. The predicted octanol–water partition coefficient (Wildman–Crippen LogP) is 4.33. The van der Waals surface area contributed by atoms with E-state index in [1.54, 1.807) is 0 Å². The molecule has 128 valence electrons. The quantitative estimate of drug-likeness (QED) is 0.594. The van der Waals surface area contributed by atoms with Gasteiger partial charge in [-0.05, 0) is 16.3 Å². The highest BCUT2D eigenvalue weighted by Crippen LogP contribution is 2.36. The zero-order chi connectivity index (χ0) is 18.2. The Labute approximate surface area is 153 Å². The average molecular weight is 347 g/mol. The van der Waals surface area contributed by atoms with Crippen molar-refractivity contribution in [2.75, 3.05) is 0 Å². The van der Waals surface area contributed by atoms with Crippen LogP contribution in [0.4, 0.5) is 0 Å². The van der Waals surface area contributed by atoms with Crippen LogP contribution in [-0.2, 0) is 4.43 Å². The molecule has 2 aromatic carbocycles. The van der Waals surface area contributed by atoms with Crippen LogP contribution in [0.3, 0.4) is 0 Å². The van der Waals surface area contributed by atoms with Gasteiger partial charge in [-0.1, -0.05) is 94.3 Å².